The normalized spacial score (nSPS) is 20.4. The molecule has 0 aromatic heterocycles. The summed E-state index contributed by atoms with van der Waals surface area (Å²) in [4.78, 5) is 41.3. The van der Waals surface area contributed by atoms with Crippen LogP contribution in [0.4, 0.5) is 0 Å². The summed E-state index contributed by atoms with van der Waals surface area (Å²) in [6, 6.07) is 8.87. The lowest BCUT2D eigenvalue weighted by Crippen LogP contribution is -2.52. The number of hydrogen-bond donors (Lipinski definition) is 2. The summed E-state index contributed by atoms with van der Waals surface area (Å²) in [7, 11) is 0. The molecule has 0 spiro atoms. The molecule has 158 valence electrons. The summed E-state index contributed by atoms with van der Waals surface area (Å²) in [5.74, 6) is -0.0579. The van der Waals surface area contributed by atoms with Crippen molar-refractivity contribution in [2.24, 2.45) is 0 Å². The molecule has 0 bridgehead atoms. The molecule has 7 heteroatoms. The summed E-state index contributed by atoms with van der Waals surface area (Å²) in [6.07, 6.45) is 4.14. The highest BCUT2D eigenvalue weighted by Gasteiger charge is 2.35. The minimum absolute atomic E-state index is 0.0501. The minimum atomic E-state index is -0.388. The molecule has 29 heavy (non-hydrogen) atoms. The van der Waals surface area contributed by atoms with Crippen LogP contribution in [0.2, 0.25) is 0 Å². The minimum Gasteiger partial charge on any atom is -0.355 e. The van der Waals surface area contributed by atoms with Crippen LogP contribution >= 0.6 is 0 Å². The molecule has 2 N–H and O–H groups in total. The van der Waals surface area contributed by atoms with Gasteiger partial charge < -0.3 is 15.5 Å². The zero-order valence-corrected chi connectivity index (χ0v) is 17.2. The average molecular weight is 401 g/mol. The Morgan fingerprint density at radius 1 is 1.03 bits per heavy atom. The average Bonchev–Trinajstić information content (AvgIpc) is 3.24. The van der Waals surface area contributed by atoms with Crippen molar-refractivity contribution in [3.8, 4) is 0 Å². The van der Waals surface area contributed by atoms with Crippen LogP contribution in [0.15, 0.2) is 30.3 Å². The quantitative estimate of drug-likeness (QED) is 0.725. The summed E-state index contributed by atoms with van der Waals surface area (Å²) >= 11 is 0. The Kier molecular flexibility index (Phi) is 7.63. The molecular formula is C22H32N4O3. The highest BCUT2D eigenvalue weighted by Crippen LogP contribution is 2.21. The fraction of sp³-hybridized carbons (Fsp3) is 0.591. The second-order valence-corrected chi connectivity index (χ2v) is 7.93. The molecule has 0 radical (unpaired) electrons. The van der Waals surface area contributed by atoms with Gasteiger partial charge in [-0.25, -0.2) is 0 Å². The van der Waals surface area contributed by atoms with Gasteiger partial charge in [0.05, 0.1) is 6.54 Å². The SMILES string of the molecule is CCCNC(=O)CN1CCC(NC(=O)C2CCCN2C(=O)c2ccccc2)CC1. The van der Waals surface area contributed by atoms with Crippen LogP contribution < -0.4 is 10.6 Å². The Labute approximate surface area is 172 Å². The van der Waals surface area contributed by atoms with Crippen molar-refractivity contribution >= 4 is 17.7 Å². The summed E-state index contributed by atoms with van der Waals surface area (Å²) in [5.41, 5.74) is 0.627. The van der Waals surface area contributed by atoms with Gasteiger partial charge in [-0.2, -0.15) is 0 Å². The number of benzene rings is 1. The second kappa shape index (κ2) is 10.4. The van der Waals surface area contributed by atoms with E-state index in [0.717, 1.165) is 38.8 Å². The summed E-state index contributed by atoms with van der Waals surface area (Å²) < 4.78 is 0. The van der Waals surface area contributed by atoms with E-state index in [1.54, 1.807) is 17.0 Å². The highest BCUT2D eigenvalue weighted by atomic mass is 16.2. The molecule has 1 unspecified atom stereocenters. The Morgan fingerprint density at radius 2 is 1.76 bits per heavy atom. The van der Waals surface area contributed by atoms with E-state index in [0.29, 0.717) is 31.6 Å². The van der Waals surface area contributed by atoms with Crippen molar-refractivity contribution in [3.05, 3.63) is 35.9 Å². The van der Waals surface area contributed by atoms with Gasteiger partial charge in [0.1, 0.15) is 6.04 Å². The number of piperidine rings is 1. The topological polar surface area (TPSA) is 81.8 Å². The third kappa shape index (κ3) is 5.79. The molecule has 1 atom stereocenters. The van der Waals surface area contributed by atoms with E-state index in [1.165, 1.54) is 0 Å². The molecule has 2 aliphatic rings. The van der Waals surface area contributed by atoms with Crippen molar-refractivity contribution in [1.82, 2.24) is 20.4 Å². The van der Waals surface area contributed by atoms with Crippen LogP contribution in [0, 0.1) is 0 Å². The van der Waals surface area contributed by atoms with Gasteiger partial charge in [0.15, 0.2) is 0 Å². The van der Waals surface area contributed by atoms with E-state index in [4.69, 9.17) is 0 Å². The zero-order valence-electron chi connectivity index (χ0n) is 17.2. The number of likely N-dealkylation sites (tertiary alicyclic amines) is 2. The Morgan fingerprint density at radius 3 is 2.45 bits per heavy atom. The van der Waals surface area contributed by atoms with Crippen LogP contribution in [0.1, 0.15) is 49.4 Å². The van der Waals surface area contributed by atoms with Crippen LogP contribution in [-0.4, -0.2) is 72.3 Å². The maximum atomic E-state index is 12.9. The van der Waals surface area contributed by atoms with E-state index in [9.17, 15) is 14.4 Å². The number of amides is 3. The van der Waals surface area contributed by atoms with E-state index >= 15 is 0 Å². The maximum absolute atomic E-state index is 12.9. The molecule has 2 fully saturated rings. The van der Waals surface area contributed by atoms with Gasteiger partial charge in [-0.3, -0.25) is 19.3 Å². The van der Waals surface area contributed by atoms with Gasteiger partial charge in [0.25, 0.3) is 5.91 Å². The van der Waals surface area contributed by atoms with Crippen LogP contribution in [0.3, 0.4) is 0 Å². The lowest BCUT2D eigenvalue weighted by atomic mass is 10.0. The molecular weight excluding hydrogens is 368 g/mol. The van der Waals surface area contributed by atoms with E-state index in [2.05, 4.69) is 15.5 Å². The third-order valence-electron chi connectivity index (χ3n) is 5.71. The number of rotatable bonds is 7. The van der Waals surface area contributed by atoms with Crippen molar-refractivity contribution in [2.45, 2.75) is 51.1 Å². The zero-order chi connectivity index (χ0) is 20.6. The first-order chi connectivity index (χ1) is 14.1. The van der Waals surface area contributed by atoms with Gasteiger partial charge in [0.2, 0.25) is 11.8 Å². The van der Waals surface area contributed by atoms with Crippen molar-refractivity contribution in [2.75, 3.05) is 32.7 Å². The number of nitrogens with zero attached hydrogens (tertiary/aromatic N) is 2. The predicted molar refractivity (Wildman–Crippen MR) is 111 cm³/mol. The maximum Gasteiger partial charge on any atom is 0.254 e. The molecule has 3 amide bonds. The number of hydrogen-bond acceptors (Lipinski definition) is 4. The molecule has 2 saturated heterocycles. The lowest BCUT2D eigenvalue weighted by Gasteiger charge is -2.33. The van der Waals surface area contributed by atoms with Gasteiger partial charge in [-0.1, -0.05) is 25.1 Å². The standard InChI is InChI=1S/C22H32N4O3/c1-2-12-23-20(27)16-25-14-10-18(11-15-25)24-21(28)19-9-6-13-26(19)22(29)17-7-4-3-5-8-17/h3-5,7-8,18-19H,2,6,9-16H2,1H3,(H,23,27)(H,24,28). The third-order valence-corrected chi connectivity index (χ3v) is 5.71. The van der Waals surface area contributed by atoms with Crippen molar-refractivity contribution in [1.29, 1.82) is 0 Å². The first-order valence-corrected chi connectivity index (χ1v) is 10.7. The molecule has 2 heterocycles. The second-order valence-electron chi connectivity index (χ2n) is 7.93. The van der Waals surface area contributed by atoms with Crippen LogP contribution in [-0.2, 0) is 9.59 Å². The highest BCUT2D eigenvalue weighted by molar-refractivity contribution is 5.98. The molecule has 1 aromatic rings. The summed E-state index contributed by atoms with van der Waals surface area (Å²) in [5, 5.41) is 6.05. The van der Waals surface area contributed by atoms with E-state index in [-0.39, 0.29) is 29.8 Å². The first-order valence-electron chi connectivity index (χ1n) is 10.7. The predicted octanol–water partition coefficient (Wildman–Crippen LogP) is 1.40. The van der Waals surface area contributed by atoms with E-state index in [1.807, 2.05) is 25.1 Å². The van der Waals surface area contributed by atoms with Crippen LogP contribution in [0.25, 0.3) is 0 Å². The van der Waals surface area contributed by atoms with Crippen LogP contribution in [0.5, 0.6) is 0 Å². The number of carbonyl (C=O) groups excluding carboxylic acids is 3. The largest absolute Gasteiger partial charge is 0.355 e. The van der Waals surface area contributed by atoms with E-state index < -0.39 is 0 Å². The molecule has 3 rings (SSSR count). The monoisotopic (exact) mass is 400 g/mol. The van der Waals surface area contributed by atoms with Gasteiger partial charge >= 0.3 is 0 Å². The molecule has 1 aromatic carbocycles. The fourth-order valence-corrected chi connectivity index (χ4v) is 4.09. The smallest absolute Gasteiger partial charge is 0.254 e. The van der Waals surface area contributed by atoms with Crippen molar-refractivity contribution in [3.63, 3.8) is 0 Å². The number of nitrogens with one attached hydrogen (secondary N) is 2. The molecule has 0 saturated carbocycles. The first kappa shape index (κ1) is 21.3. The Hall–Kier alpha value is -2.41. The van der Waals surface area contributed by atoms with Gasteiger partial charge in [-0.15, -0.1) is 0 Å². The fourth-order valence-electron chi connectivity index (χ4n) is 4.09. The summed E-state index contributed by atoms with van der Waals surface area (Å²) in [6.45, 7) is 5.38. The Balaban J connectivity index is 1.47. The van der Waals surface area contributed by atoms with Gasteiger partial charge in [-0.05, 0) is 44.2 Å². The molecule has 2 aliphatic heterocycles. The molecule has 7 nitrogen and oxygen atoms in total. The molecule has 0 aliphatic carbocycles. The number of carbonyl (C=O) groups is 3. The lowest BCUT2D eigenvalue weighted by molar-refractivity contribution is -0.126. The van der Waals surface area contributed by atoms with Crippen molar-refractivity contribution < 1.29 is 14.4 Å². The Bertz CT molecular complexity index is 701. The van der Waals surface area contributed by atoms with Gasteiger partial charge in [0, 0.05) is 37.8 Å².